The number of thiophene rings is 1. The summed E-state index contributed by atoms with van der Waals surface area (Å²) in [6.07, 6.45) is -4.47. The quantitative estimate of drug-likeness (QED) is 0.709. The Balaban J connectivity index is 2.35. The van der Waals surface area contributed by atoms with Gasteiger partial charge in [-0.1, -0.05) is 0 Å². The molecule has 1 unspecified atom stereocenters. The van der Waals surface area contributed by atoms with Gasteiger partial charge in [-0.3, -0.25) is 0 Å². The molecule has 1 heterocycles. The minimum absolute atomic E-state index is 0.200. The molecule has 0 bridgehead atoms. The fourth-order valence-electron chi connectivity index (χ4n) is 1.02. The molecule has 16 heavy (non-hydrogen) atoms. The first-order valence-corrected chi connectivity index (χ1v) is 5.31. The van der Waals surface area contributed by atoms with Crippen LogP contribution in [0.2, 0.25) is 0 Å². The predicted octanol–water partition coefficient (Wildman–Crippen LogP) is 1.16. The summed E-state index contributed by atoms with van der Waals surface area (Å²) in [6, 6.07) is 3.06. The SMILES string of the molecule is O=C(O)c1ccc(CNCC(O)C(F)F)s1. The van der Waals surface area contributed by atoms with Gasteiger partial charge in [0, 0.05) is 18.0 Å². The van der Waals surface area contributed by atoms with Crippen molar-refractivity contribution in [2.75, 3.05) is 6.54 Å². The largest absolute Gasteiger partial charge is 0.477 e. The summed E-state index contributed by atoms with van der Waals surface area (Å²) >= 11 is 1.07. The molecule has 1 aromatic rings. The van der Waals surface area contributed by atoms with Gasteiger partial charge in [0.2, 0.25) is 0 Å². The predicted molar refractivity (Wildman–Crippen MR) is 55.0 cm³/mol. The van der Waals surface area contributed by atoms with Crippen LogP contribution in [-0.4, -0.2) is 35.3 Å². The molecule has 0 aromatic carbocycles. The number of carbonyl (C=O) groups is 1. The lowest BCUT2D eigenvalue weighted by atomic mass is 10.3. The Bertz CT molecular complexity index is 356. The van der Waals surface area contributed by atoms with Crippen LogP contribution in [0.5, 0.6) is 0 Å². The van der Waals surface area contributed by atoms with Gasteiger partial charge >= 0.3 is 5.97 Å². The second-order valence-electron chi connectivity index (χ2n) is 3.10. The van der Waals surface area contributed by atoms with Gasteiger partial charge < -0.3 is 15.5 Å². The minimum Gasteiger partial charge on any atom is -0.477 e. The van der Waals surface area contributed by atoms with Crippen molar-refractivity contribution in [3.05, 3.63) is 21.9 Å². The Kier molecular flexibility index (Phi) is 4.78. The normalized spacial score (nSPS) is 13.0. The topological polar surface area (TPSA) is 69.6 Å². The number of aliphatic hydroxyl groups excluding tert-OH is 1. The highest BCUT2D eigenvalue weighted by Gasteiger charge is 2.15. The van der Waals surface area contributed by atoms with E-state index in [-0.39, 0.29) is 18.0 Å². The number of hydrogen-bond acceptors (Lipinski definition) is 4. The van der Waals surface area contributed by atoms with E-state index in [2.05, 4.69) is 5.32 Å². The molecule has 0 aliphatic heterocycles. The number of carboxylic acid groups (broad SMARTS) is 1. The van der Waals surface area contributed by atoms with Crippen LogP contribution in [0.1, 0.15) is 14.5 Å². The molecule has 1 atom stereocenters. The van der Waals surface area contributed by atoms with E-state index in [1.165, 1.54) is 6.07 Å². The molecule has 0 saturated heterocycles. The molecule has 0 radical (unpaired) electrons. The van der Waals surface area contributed by atoms with Crippen molar-refractivity contribution >= 4 is 17.3 Å². The molecule has 0 saturated carbocycles. The number of aliphatic hydroxyl groups is 1. The minimum atomic E-state index is -2.77. The van der Waals surface area contributed by atoms with Crippen LogP contribution in [0.25, 0.3) is 0 Å². The molecule has 0 aliphatic carbocycles. The van der Waals surface area contributed by atoms with Gasteiger partial charge in [-0.05, 0) is 12.1 Å². The van der Waals surface area contributed by atoms with Gasteiger partial charge in [-0.15, -0.1) is 11.3 Å². The van der Waals surface area contributed by atoms with E-state index in [1.54, 1.807) is 6.07 Å². The van der Waals surface area contributed by atoms with Gasteiger partial charge in [-0.25, -0.2) is 13.6 Å². The van der Waals surface area contributed by atoms with Crippen molar-refractivity contribution in [2.24, 2.45) is 0 Å². The van der Waals surface area contributed by atoms with E-state index in [0.29, 0.717) is 0 Å². The highest BCUT2D eigenvalue weighted by atomic mass is 32.1. The Morgan fingerprint density at radius 1 is 1.50 bits per heavy atom. The molecule has 7 heteroatoms. The number of nitrogens with one attached hydrogen (secondary N) is 1. The number of alkyl halides is 2. The third-order valence-electron chi connectivity index (χ3n) is 1.82. The Labute approximate surface area is 94.5 Å². The van der Waals surface area contributed by atoms with E-state index < -0.39 is 18.5 Å². The summed E-state index contributed by atoms with van der Waals surface area (Å²) in [5, 5.41) is 20.1. The third-order valence-corrected chi connectivity index (χ3v) is 2.89. The van der Waals surface area contributed by atoms with Crippen molar-refractivity contribution in [3.8, 4) is 0 Å². The zero-order valence-electron chi connectivity index (χ0n) is 8.19. The first kappa shape index (κ1) is 13.0. The van der Waals surface area contributed by atoms with Crippen LogP contribution in [0, 0.1) is 0 Å². The van der Waals surface area contributed by atoms with Crippen LogP contribution in [0.15, 0.2) is 12.1 Å². The Morgan fingerprint density at radius 3 is 2.69 bits per heavy atom. The maximum atomic E-state index is 11.9. The number of aromatic carboxylic acids is 1. The number of hydrogen-bond donors (Lipinski definition) is 3. The van der Waals surface area contributed by atoms with E-state index in [1.807, 2.05) is 0 Å². The molecular formula is C9H11F2NO3S. The van der Waals surface area contributed by atoms with Crippen molar-refractivity contribution in [1.82, 2.24) is 5.32 Å². The fraction of sp³-hybridized carbons (Fsp3) is 0.444. The maximum absolute atomic E-state index is 11.9. The molecule has 0 amide bonds. The summed E-state index contributed by atoms with van der Waals surface area (Å²) in [6.45, 7) is 0.0414. The van der Waals surface area contributed by atoms with Crippen molar-refractivity contribution < 1.29 is 23.8 Å². The average molecular weight is 251 g/mol. The third kappa shape index (κ3) is 3.84. The first-order chi connectivity index (χ1) is 7.50. The van der Waals surface area contributed by atoms with Crippen LogP contribution in [0.3, 0.4) is 0 Å². The number of halogens is 2. The van der Waals surface area contributed by atoms with Crippen LogP contribution in [-0.2, 0) is 6.54 Å². The lowest BCUT2D eigenvalue weighted by Gasteiger charge is -2.09. The van der Waals surface area contributed by atoms with E-state index in [4.69, 9.17) is 10.2 Å². The molecule has 0 fully saturated rings. The standard InChI is InChI=1S/C9H11F2NO3S/c10-8(11)6(13)4-12-3-5-1-2-7(16-5)9(14)15/h1-2,6,8,12-13H,3-4H2,(H,14,15). The van der Waals surface area contributed by atoms with Gasteiger partial charge in [-0.2, -0.15) is 0 Å². The Morgan fingerprint density at radius 2 is 2.19 bits per heavy atom. The summed E-state index contributed by atoms with van der Waals surface area (Å²) in [7, 11) is 0. The molecular weight excluding hydrogens is 240 g/mol. The molecule has 0 spiro atoms. The van der Waals surface area contributed by atoms with Gasteiger partial charge in [0.15, 0.2) is 0 Å². The molecule has 3 N–H and O–H groups in total. The highest BCUT2D eigenvalue weighted by Crippen LogP contribution is 2.16. The lowest BCUT2D eigenvalue weighted by molar-refractivity contribution is -0.00337. The summed E-state index contributed by atoms with van der Waals surface area (Å²) in [5.74, 6) is -1.01. The second kappa shape index (κ2) is 5.88. The van der Waals surface area contributed by atoms with Gasteiger partial charge in [0.05, 0.1) is 0 Å². The van der Waals surface area contributed by atoms with E-state index in [0.717, 1.165) is 16.2 Å². The molecule has 0 aliphatic rings. The van der Waals surface area contributed by atoms with Crippen LogP contribution in [0.4, 0.5) is 8.78 Å². The highest BCUT2D eigenvalue weighted by molar-refractivity contribution is 7.13. The van der Waals surface area contributed by atoms with Crippen LogP contribution >= 0.6 is 11.3 Å². The number of rotatable bonds is 6. The van der Waals surface area contributed by atoms with Crippen molar-refractivity contribution in [1.29, 1.82) is 0 Å². The monoisotopic (exact) mass is 251 g/mol. The second-order valence-corrected chi connectivity index (χ2v) is 4.27. The summed E-state index contributed by atoms with van der Waals surface area (Å²) in [5.41, 5.74) is 0. The summed E-state index contributed by atoms with van der Waals surface area (Å²) in [4.78, 5) is 11.5. The molecule has 1 aromatic heterocycles. The van der Waals surface area contributed by atoms with Gasteiger partial charge in [0.25, 0.3) is 6.43 Å². The van der Waals surface area contributed by atoms with Crippen molar-refractivity contribution in [2.45, 2.75) is 19.1 Å². The lowest BCUT2D eigenvalue weighted by Crippen LogP contribution is -2.31. The summed E-state index contributed by atoms with van der Waals surface area (Å²) < 4.78 is 23.8. The average Bonchev–Trinajstić information content (AvgIpc) is 2.66. The smallest absolute Gasteiger partial charge is 0.345 e. The Hall–Kier alpha value is -1.05. The maximum Gasteiger partial charge on any atom is 0.345 e. The number of carboxylic acids is 1. The van der Waals surface area contributed by atoms with E-state index >= 15 is 0 Å². The molecule has 90 valence electrons. The van der Waals surface area contributed by atoms with Crippen LogP contribution < -0.4 is 5.32 Å². The van der Waals surface area contributed by atoms with Crippen molar-refractivity contribution in [3.63, 3.8) is 0 Å². The first-order valence-electron chi connectivity index (χ1n) is 4.49. The molecule has 4 nitrogen and oxygen atoms in total. The zero-order chi connectivity index (χ0) is 12.1. The van der Waals surface area contributed by atoms with Gasteiger partial charge in [0.1, 0.15) is 11.0 Å². The molecule has 1 rings (SSSR count). The fourth-order valence-corrected chi connectivity index (χ4v) is 1.84. The van der Waals surface area contributed by atoms with E-state index in [9.17, 15) is 13.6 Å². The zero-order valence-corrected chi connectivity index (χ0v) is 9.01.